The number of nitrogens with two attached hydrogens (primary N) is 1. The number of hydrogen-bond donors (Lipinski definition) is 3. The van der Waals surface area contributed by atoms with Crippen LogP contribution in [-0.4, -0.2) is 32.3 Å². The third-order valence-corrected chi connectivity index (χ3v) is 5.97. The molecule has 4 N–H and O–H groups in total. The Balaban J connectivity index is 1.84. The van der Waals surface area contributed by atoms with Crippen LogP contribution in [0.15, 0.2) is 94.9 Å². The van der Waals surface area contributed by atoms with E-state index in [1.54, 1.807) is 84.9 Å². The third-order valence-electron chi connectivity index (χ3n) is 5.01. The predicted molar refractivity (Wildman–Crippen MR) is 126 cm³/mol. The molecule has 1 heterocycles. The molecule has 0 aliphatic carbocycles. The molecular formula is C24H20N4O4S. The van der Waals surface area contributed by atoms with Gasteiger partial charge in [0.1, 0.15) is 0 Å². The molecule has 0 aliphatic heterocycles. The van der Waals surface area contributed by atoms with Gasteiger partial charge in [-0.05, 0) is 23.3 Å². The molecule has 0 spiro atoms. The second kappa shape index (κ2) is 9.27. The van der Waals surface area contributed by atoms with Crippen molar-refractivity contribution in [3.63, 3.8) is 0 Å². The van der Waals surface area contributed by atoms with E-state index in [0.717, 1.165) is 16.4 Å². The maximum absolute atomic E-state index is 13.6. The first-order chi connectivity index (χ1) is 15.9. The molecule has 166 valence electrons. The van der Waals surface area contributed by atoms with Gasteiger partial charge < -0.3 is 10.8 Å². The van der Waals surface area contributed by atoms with Gasteiger partial charge >= 0.3 is 0 Å². The highest BCUT2D eigenvalue weighted by Crippen LogP contribution is 2.30. The summed E-state index contributed by atoms with van der Waals surface area (Å²) in [6, 6.07) is 23.5. The molecule has 4 rings (SSSR count). The minimum atomic E-state index is -2.10. The molecule has 0 saturated carbocycles. The lowest BCUT2D eigenvalue weighted by Gasteiger charge is -2.28. The number of para-hydroxylation sites is 1. The lowest BCUT2D eigenvalue weighted by Crippen LogP contribution is -2.47. The Bertz CT molecular complexity index is 1330. The summed E-state index contributed by atoms with van der Waals surface area (Å²) in [6.07, 6.45) is 0. The van der Waals surface area contributed by atoms with E-state index in [-0.39, 0.29) is 16.3 Å². The van der Waals surface area contributed by atoms with Gasteiger partial charge in [0.15, 0.2) is 10.8 Å². The minimum absolute atomic E-state index is 0.0642. The van der Waals surface area contributed by atoms with Crippen molar-refractivity contribution < 1.29 is 14.7 Å². The summed E-state index contributed by atoms with van der Waals surface area (Å²) in [5.74, 6) is -1.62. The van der Waals surface area contributed by atoms with Crippen LogP contribution in [0, 0.1) is 0 Å². The Labute approximate surface area is 193 Å². The summed E-state index contributed by atoms with van der Waals surface area (Å²) < 4.78 is 0.940. The summed E-state index contributed by atoms with van der Waals surface area (Å²) >= 11 is 0.909. The summed E-state index contributed by atoms with van der Waals surface area (Å²) in [4.78, 5) is 42.5. The van der Waals surface area contributed by atoms with Crippen molar-refractivity contribution in [2.75, 3.05) is 11.2 Å². The van der Waals surface area contributed by atoms with Crippen LogP contribution in [0.25, 0.3) is 10.9 Å². The van der Waals surface area contributed by atoms with Crippen molar-refractivity contribution in [1.82, 2.24) is 9.66 Å². The van der Waals surface area contributed by atoms with Crippen LogP contribution in [0.4, 0.5) is 0 Å². The average molecular weight is 461 g/mol. The topological polar surface area (TPSA) is 127 Å². The van der Waals surface area contributed by atoms with E-state index in [2.05, 4.69) is 10.4 Å². The maximum atomic E-state index is 13.6. The summed E-state index contributed by atoms with van der Waals surface area (Å²) in [7, 11) is 0. The minimum Gasteiger partial charge on any atom is -0.372 e. The van der Waals surface area contributed by atoms with Gasteiger partial charge in [-0.15, -0.1) is 0 Å². The smallest absolute Gasteiger partial charge is 0.281 e. The monoisotopic (exact) mass is 460 g/mol. The molecular weight excluding hydrogens is 440 g/mol. The number of fused-ring (bicyclic) bond motifs is 1. The Morgan fingerprint density at radius 3 is 2.06 bits per heavy atom. The predicted octanol–water partition coefficient (Wildman–Crippen LogP) is 1.98. The molecule has 0 saturated heterocycles. The van der Waals surface area contributed by atoms with Crippen LogP contribution in [0.2, 0.25) is 0 Å². The number of hydrogen-bond acceptors (Lipinski definition) is 6. The molecule has 0 bridgehead atoms. The Hall–Kier alpha value is -3.95. The quantitative estimate of drug-likeness (QED) is 0.286. The Kier molecular flexibility index (Phi) is 6.25. The number of nitrogens with one attached hydrogen (secondary N) is 1. The van der Waals surface area contributed by atoms with Crippen molar-refractivity contribution in [2.45, 2.75) is 10.8 Å². The maximum Gasteiger partial charge on any atom is 0.281 e. The van der Waals surface area contributed by atoms with Crippen LogP contribution in [0.3, 0.4) is 0 Å². The highest BCUT2D eigenvalue weighted by molar-refractivity contribution is 7.99. The van der Waals surface area contributed by atoms with Crippen molar-refractivity contribution >= 4 is 34.5 Å². The van der Waals surface area contributed by atoms with E-state index in [4.69, 9.17) is 5.73 Å². The molecule has 33 heavy (non-hydrogen) atoms. The molecule has 0 radical (unpaired) electrons. The van der Waals surface area contributed by atoms with Crippen LogP contribution >= 0.6 is 11.8 Å². The lowest BCUT2D eigenvalue weighted by atomic mass is 9.85. The van der Waals surface area contributed by atoms with Gasteiger partial charge in [0.25, 0.3) is 11.5 Å². The normalized spacial score (nSPS) is 11.3. The van der Waals surface area contributed by atoms with Crippen LogP contribution in [0.1, 0.15) is 11.1 Å². The number of carbonyl (C=O) groups excluding carboxylic acids is 2. The van der Waals surface area contributed by atoms with Gasteiger partial charge in [0, 0.05) is 0 Å². The number of benzene rings is 3. The zero-order valence-corrected chi connectivity index (χ0v) is 18.2. The SMILES string of the molecule is NC(=O)CSc1nc2ccccc2c(=O)n1NC(=O)C(O)(c1ccccc1)c1ccccc1. The second-order valence-electron chi connectivity index (χ2n) is 7.19. The average Bonchev–Trinajstić information content (AvgIpc) is 2.85. The molecule has 4 aromatic rings. The summed E-state index contributed by atoms with van der Waals surface area (Å²) in [5.41, 5.74) is 6.17. The van der Waals surface area contributed by atoms with Gasteiger partial charge in [-0.1, -0.05) is 84.6 Å². The van der Waals surface area contributed by atoms with Crippen LogP contribution in [-0.2, 0) is 15.2 Å². The number of thioether (sulfide) groups is 1. The largest absolute Gasteiger partial charge is 0.372 e. The molecule has 0 aliphatic rings. The number of amides is 2. The van der Waals surface area contributed by atoms with Crippen LogP contribution < -0.4 is 16.7 Å². The number of rotatable bonds is 7. The fourth-order valence-electron chi connectivity index (χ4n) is 3.41. The van der Waals surface area contributed by atoms with Gasteiger partial charge in [0.05, 0.1) is 16.7 Å². The molecule has 0 fully saturated rings. The van der Waals surface area contributed by atoms with Gasteiger partial charge in [-0.2, -0.15) is 4.68 Å². The Morgan fingerprint density at radius 2 is 1.48 bits per heavy atom. The molecule has 3 aromatic carbocycles. The van der Waals surface area contributed by atoms with E-state index in [1.165, 1.54) is 0 Å². The molecule has 9 heteroatoms. The fraction of sp³-hybridized carbons (Fsp3) is 0.0833. The zero-order chi connectivity index (χ0) is 23.4. The number of aliphatic hydroxyl groups is 1. The number of nitrogens with zero attached hydrogens (tertiary/aromatic N) is 2. The standard InChI is InChI=1S/C24H20N4O4S/c25-20(29)15-33-23-26-19-14-8-7-13-18(19)21(30)28(23)27-22(31)24(32,16-9-3-1-4-10-16)17-11-5-2-6-12-17/h1-14,32H,15H2,(H2,25,29)(H,27,31). The lowest BCUT2D eigenvalue weighted by molar-refractivity contribution is -0.132. The van der Waals surface area contributed by atoms with Crippen molar-refractivity contribution in [3.05, 3.63) is 106 Å². The highest BCUT2D eigenvalue weighted by atomic mass is 32.2. The Morgan fingerprint density at radius 1 is 0.939 bits per heavy atom. The highest BCUT2D eigenvalue weighted by Gasteiger charge is 2.40. The van der Waals surface area contributed by atoms with Crippen molar-refractivity contribution in [1.29, 1.82) is 0 Å². The van der Waals surface area contributed by atoms with Crippen molar-refractivity contribution in [3.8, 4) is 0 Å². The van der Waals surface area contributed by atoms with Gasteiger partial charge in [-0.25, -0.2) is 4.98 Å². The summed E-state index contributed by atoms with van der Waals surface area (Å²) in [5, 5.41) is 12.0. The van der Waals surface area contributed by atoms with Crippen LogP contribution in [0.5, 0.6) is 0 Å². The summed E-state index contributed by atoms with van der Waals surface area (Å²) in [6.45, 7) is 0. The molecule has 1 aromatic heterocycles. The van der Waals surface area contributed by atoms with Gasteiger partial charge in [-0.3, -0.25) is 19.8 Å². The first-order valence-electron chi connectivity index (χ1n) is 9.99. The molecule has 2 amide bonds. The van der Waals surface area contributed by atoms with E-state index in [1.807, 2.05) is 0 Å². The first kappa shape index (κ1) is 22.3. The van der Waals surface area contributed by atoms with E-state index < -0.39 is 23.0 Å². The number of aromatic nitrogens is 2. The zero-order valence-electron chi connectivity index (χ0n) is 17.3. The molecule has 0 unspecified atom stereocenters. The van der Waals surface area contributed by atoms with E-state index >= 15 is 0 Å². The van der Waals surface area contributed by atoms with Gasteiger partial charge in [0.2, 0.25) is 5.91 Å². The van der Waals surface area contributed by atoms with Crippen molar-refractivity contribution in [2.24, 2.45) is 5.73 Å². The number of carbonyl (C=O) groups is 2. The second-order valence-corrected chi connectivity index (χ2v) is 8.13. The number of primary amides is 1. The van der Waals surface area contributed by atoms with E-state index in [9.17, 15) is 19.5 Å². The van der Waals surface area contributed by atoms with E-state index in [0.29, 0.717) is 16.6 Å². The fourth-order valence-corrected chi connectivity index (χ4v) is 4.11. The third kappa shape index (κ3) is 4.36. The molecule has 0 atom stereocenters. The molecule has 8 nitrogen and oxygen atoms in total. The first-order valence-corrected chi connectivity index (χ1v) is 11.0.